The quantitative estimate of drug-likeness (QED) is 0.219. The molecule has 0 fully saturated rings. The zero-order chi connectivity index (χ0) is 12.4. The second-order valence-corrected chi connectivity index (χ2v) is 3.27. The molecule has 16 heavy (non-hydrogen) atoms. The van der Waals surface area contributed by atoms with Crippen LogP contribution in [0, 0.1) is 0 Å². The van der Waals surface area contributed by atoms with E-state index >= 15 is 0 Å². The van der Waals surface area contributed by atoms with Crippen LogP contribution >= 0.6 is 0 Å². The zero-order valence-electron chi connectivity index (χ0n) is 8.93. The molecule has 0 aliphatic carbocycles. The highest BCUT2D eigenvalue weighted by Crippen LogP contribution is 1.96. The lowest BCUT2D eigenvalue weighted by Crippen LogP contribution is -2.64. The van der Waals surface area contributed by atoms with Crippen LogP contribution in [-0.4, -0.2) is 36.1 Å². The first-order chi connectivity index (χ1) is 7.57. The highest BCUT2D eigenvalue weighted by molar-refractivity contribution is 5.78. The smallest absolute Gasteiger partial charge is 0.362 e. The minimum absolute atomic E-state index is 0.205. The second-order valence-electron chi connectivity index (χ2n) is 3.27. The monoisotopic (exact) mass is 230 g/mol. The molecule has 0 bridgehead atoms. The summed E-state index contributed by atoms with van der Waals surface area (Å²) in [6.45, 7) is 0.246. The van der Waals surface area contributed by atoms with Gasteiger partial charge in [0.2, 0.25) is 5.91 Å². The van der Waals surface area contributed by atoms with Crippen LogP contribution < -0.4 is 11.1 Å². The van der Waals surface area contributed by atoms with Crippen LogP contribution in [0.5, 0.6) is 0 Å². The molecule has 0 rings (SSSR count). The van der Waals surface area contributed by atoms with Crippen LogP contribution in [0.15, 0.2) is 5.11 Å². The van der Waals surface area contributed by atoms with Crippen molar-refractivity contribution in [1.82, 2.24) is 5.32 Å². The lowest BCUT2D eigenvalue weighted by atomic mass is 10.1. The molecular weight excluding hydrogens is 214 g/mol. The summed E-state index contributed by atoms with van der Waals surface area (Å²) in [7, 11) is 0. The van der Waals surface area contributed by atoms with Gasteiger partial charge in [-0.25, -0.2) is 4.79 Å². The summed E-state index contributed by atoms with van der Waals surface area (Å²) >= 11 is 0. The molecule has 5 N–H and O–H groups in total. The van der Waals surface area contributed by atoms with Gasteiger partial charge in [0, 0.05) is 17.9 Å². The van der Waals surface area contributed by atoms with Crippen molar-refractivity contribution in [2.24, 2.45) is 5.11 Å². The highest BCUT2D eigenvalue weighted by Gasteiger charge is 2.13. The molecule has 1 amide bonds. The number of carbonyl (C=O) groups is 2. The summed E-state index contributed by atoms with van der Waals surface area (Å²) in [5, 5.41) is 14.2. The molecule has 0 saturated carbocycles. The van der Waals surface area contributed by atoms with E-state index in [2.05, 4.69) is 21.1 Å². The Labute approximate surface area is 92.4 Å². The van der Waals surface area contributed by atoms with Crippen LogP contribution in [0.1, 0.15) is 19.3 Å². The van der Waals surface area contributed by atoms with Crippen LogP contribution in [0.2, 0.25) is 0 Å². The summed E-state index contributed by atoms with van der Waals surface area (Å²) in [5.74, 6) is -1.24. The van der Waals surface area contributed by atoms with Gasteiger partial charge in [0.25, 0.3) is 0 Å². The Morgan fingerprint density at radius 1 is 1.50 bits per heavy atom. The summed E-state index contributed by atoms with van der Waals surface area (Å²) in [5.41, 5.74) is 11.4. The number of carboxylic acids is 1. The van der Waals surface area contributed by atoms with Crippen molar-refractivity contribution in [3.05, 3.63) is 10.4 Å². The number of hydrogen-bond donors (Lipinski definition) is 3. The molecule has 0 spiro atoms. The fraction of sp³-hybridized carbons (Fsp3) is 0.750. The first-order valence-electron chi connectivity index (χ1n) is 4.91. The van der Waals surface area contributed by atoms with Crippen molar-refractivity contribution in [3.63, 3.8) is 0 Å². The van der Waals surface area contributed by atoms with Gasteiger partial charge in [-0.1, -0.05) is 5.11 Å². The molecule has 0 aromatic carbocycles. The van der Waals surface area contributed by atoms with Gasteiger partial charge in [-0.3, -0.25) is 4.79 Å². The predicted molar refractivity (Wildman–Crippen MR) is 55.2 cm³/mol. The van der Waals surface area contributed by atoms with Crippen molar-refractivity contribution in [3.8, 4) is 0 Å². The Kier molecular flexibility index (Phi) is 7.56. The van der Waals surface area contributed by atoms with Gasteiger partial charge < -0.3 is 16.2 Å². The third kappa shape index (κ3) is 7.60. The maximum Gasteiger partial charge on any atom is 0.362 e. The number of unbranched alkanes of at least 4 members (excludes halogenated alkanes) is 1. The lowest BCUT2D eigenvalue weighted by Gasteiger charge is -2.04. The minimum atomic E-state index is -0.910. The average Bonchev–Trinajstić information content (AvgIpc) is 2.25. The summed E-state index contributed by atoms with van der Waals surface area (Å²) in [4.78, 5) is 23.8. The summed E-state index contributed by atoms with van der Waals surface area (Å²) in [6.07, 6.45) is 1.85. The van der Waals surface area contributed by atoms with Gasteiger partial charge in [-0.05, 0) is 18.4 Å². The maximum absolute atomic E-state index is 10.9. The first-order valence-corrected chi connectivity index (χ1v) is 4.91. The molecular formula is C8H16N5O3+. The molecule has 0 radical (unpaired) electrons. The third-order valence-electron chi connectivity index (χ3n) is 1.93. The number of quaternary nitrogens is 1. The topological polar surface area (TPSA) is 143 Å². The molecule has 0 aliphatic rings. The number of azide groups is 1. The van der Waals surface area contributed by atoms with Gasteiger partial charge in [0.05, 0.1) is 0 Å². The second kappa shape index (κ2) is 8.51. The molecule has 0 saturated heterocycles. The van der Waals surface area contributed by atoms with Crippen LogP contribution in [0.3, 0.4) is 0 Å². The Bertz CT molecular complexity index is 287. The summed E-state index contributed by atoms with van der Waals surface area (Å²) in [6, 6.07) is -0.598. The van der Waals surface area contributed by atoms with E-state index in [9.17, 15) is 9.59 Å². The third-order valence-corrected chi connectivity index (χ3v) is 1.93. The van der Waals surface area contributed by atoms with Crippen molar-refractivity contribution in [2.45, 2.75) is 25.3 Å². The highest BCUT2D eigenvalue weighted by atomic mass is 16.4. The molecule has 0 aromatic rings. The molecule has 8 heteroatoms. The molecule has 0 heterocycles. The van der Waals surface area contributed by atoms with Gasteiger partial charge in [-0.15, -0.1) is 0 Å². The van der Waals surface area contributed by atoms with E-state index in [-0.39, 0.29) is 12.5 Å². The van der Waals surface area contributed by atoms with Crippen LogP contribution in [0.25, 0.3) is 10.4 Å². The number of nitrogens with one attached hydrogen (secondary N) is 1. The fourth-order valence-electron chi connectivity index (χ4n) is 1.02. The average molecular weight is 230 g/mol. The standard InChI is InChI=1S/C8H15N5O3/c9-6(8(15)16)3-1-2-4-11-7(14)5-12-13-10/h6H,1-5,9H2,(H,11,14)(H,15,16)/p+1/t6-/m0/s1. The first kappa shape index (κ1) is 14.2. The number of carbonyl (C=O) groups excluding carboxylic acids is 1. The fourth-order valence-corrected chi connectivity index (χ4v) is 1.02. The van der Waals surface area contributed by atoms with Crippen molar-refractivity contribution in [1.29, 1.82) is 0 Å². The van der Waals surface area contributed by atoms with E-state index in [1.807, 2.05) is 0 Å². The summed E-state index contributed by atoms with van der Waals surface area (Å²) < 4.78 is 0. The molecule has 0 unspecified atom stereocenters. The Morgan fingerprint density at radius 3 is 2.75 bits per heavy atom. The number of nitrogens with zero attached hydrogens (tertiary/aromatic N) is 3. The molecule has 8 nitrogen and oxygen atoms in total. The zero-order valence-corrected chi connectivity index (χ0v) is 8.93. The van der Waals surface area contributed by atoms with Crippen molar-refractivity contribution < 1.29 is 20.4 Å². The van der Waals surface area contributed by atoms with Gasteiger partial charge in [0.15, 0.2) is 6.04 Å². The van der Waals surface area contributed by atoms with E-state index < -0.39 is 12.0 Å². The van der Waals surface area contributed by atoms with Crippen molar-refractivity contribution in [2.75, 3.05) is 13.1 Å². The lowest BCUT2D eigenvalue weighted by molar-refractivity contribution is -0.409. The van der Waals surface area contributed by atoms with Gasteiger partial charge in [-0.2, -0.15) is 0 Å². The van der Waals surface area contributed by atoms with E-state index in [1.165, 1.54) is 0 Å². The van der Waals surface area contributed by atoms with E-state index in [1.54, 1.807) is 0 Å². The SMILES string of the molecule is [N-]=[N+]=NCC(=O)NCCCC[C@H]([NH3+])C(=O)O. The van der Waals surface area contributed by atoms with Crippen LogP contribution in [-0.2, 0) is 9.59 Å². The molecule has 0 aromatic heterocycles. The van der Waals surface area contributed by atoms with E-state index in [0.717, 1.165) is 0 Å². The van der Waals surface area contributed by atoms with Gasteiger partial charge >= 0.3 is 5.97 Å². The van der Waals surface area contributed by atoms with E-state index in [0.29, 0.717) is 25.8 Å². The van der Waals surface area contributed by atoms with Crippen LogP contribution in [0.4, 0.5) is 0 Å². The van der Waals surface area contributed by atoms with E-state index in [4.69, 9.17) is 10.6 Å². The molecule has 90 valence electrons. The minimum Gasteiger partial charge on any atom is -0.477 e. The number of aliphatic carboxylic acids is 1. The maximum atomic E-state index is 10.9. The van der Waals surface area contributed by atoms with Crippen molar-refractivity contribution >= 4 is 11.9 Å². The van der Waals surface area contributed by atoms with Gasteiger partial charge in [0.1, 0.15) is 6.54 Å². The Balaban J connectivity index is 3.43. The Hall–Kier alpha value is -1.79. The molecule has 1 atom stereocenters. The number of carboxylic acid groups (broad SMARTS) is 1. The Morgan fingerprint density at radius 2 is 2.19 bits per heavy atom. The predicted octanol–water partition coefficient (Wildman–Crippen LogP) is -0.722. The molecule has 0 aliphatic heterocycles. The normalized spacial score (nSPS) is 11.3. The number of amides is 1. The largest absolute Gasteiger partial charge is 0.477 e. The number of rotatable bonds is 8. The number of hydrogen-bond acceptors (Lipinski definition) is 3.